The lowest BCUT2D eigenvalue weighted by Crippen LogP contribution is -2.34. The summed E-state index contributed by atoms with van der Waals surface area (Å²) in [5, 5.41) is 12.3. The fraction of sp³-hybridized carbons (Fsp3) is 0.400. The van der Waals surface area contributed by atoms with Gasteiger partial charge in [-0.2, -0.15) is 0 Å². The van der Waals surface area contributed by atoms with Crippen molar-refractivity contribution in [2.45, 2.75) is 31.5 Å². The van der Waals surface area contributed by atoms with Crippen molar-refractivity contribution in [3.05, 3.63) is 57.8 Å². The van der Waals surface area contributed by atoms with Crippen LogP contribution in [0.5, 0.6) is 0 Å². The molecule has 2 atom stereocenters. The molecule has 1 unspecified atom stereocenters. The predicted molar refractivity (Wildman–Crippen MR) is 104 cm³/mol. The number of likely N-dealkylation sites (N-methyl/N-ethyl adjacent to an activating group) is 1. The maximum Gasteiger partial charge on any atom is 0.345 e. The number of benzene rings is 1. The average molecular weight is 388 g/mol. The number of ether oxygens (including phenoxy) is 1. The number of hydrogen-bond acceptors (Lipinski definition) is 6. The summed E-state index contributed by atoms with van der Waals surface area (Å²) in [6.07, 6.45) is 2.17. The third-order valence-electron chi connectivity index (χ3n) is 4.81. The van der Waals surface area contributed by atoms with Gasteiger partial charge in [0.2, 0.25) is 0 Å². The van der Waals surface area contributed by atoms with E-state index >= 15 is 0 Å². The third kappa shape index (κ3) is 5.15. The molecule has 1 saturated heterocycles. The van der Waals surface area contributed by atoms with Gasteiger partial charge in [0.1, 0.15) is 17.5 Å². The van der Waals surface area contributed by atoms with E-state index in [-0.39, 0.29) is 16.9 Å². The van der Waals surface area contributed by atoms with E-state index in [1.165, 1.54) is 11.3 Å². The van der Waals surface area contributed by atoms with Crippen LogP contribution in [0, 0.1) is 0 Å². The Morgan fingerprint density at radius 2 is 2.07 bits per heavy atom. The monoisotopic (exact) mass is 388 g/mol. The van der Waals surface area contributed by atoms with E-state index in [1.807, 2.05) is 30.3 Å². The quantitative estimate of drug-likeness (QED) is 0.677. The first kappa shape index (κ1) is 19.5. The summed E-state index contributed by atoms with van der Waals surface area (Å²) in [6, 6.07) is 12.5. The fourth-order valence-corrected chi connectivity index (χ4v) is 4.02. The van der Waals surface area contributed by atoms with Gasteiger partial charge in [-0.15, -0.1) is 11.3 Å². The molecule has 7 heteroatoms. The summed E-state index contributed by atoms with van der Waals surface area (Å²) in [5.74, 6) is -1.25. The smallest absolute Gasteiger partial charge is 0.345 e. The largest absolute Gasteiger partial charge is 0.477 e. The zero-order chi connectivity index (χ0) is 19.2. The van der Waals surface area contributed by atoms with Gasteiger partial charge in [0, 0.05) is 17.5 Å². The van der Waals surface area contributed by atoms with Gasteiger partial charge in [0.15, 0.2) is 0 Å². The molecule has 27 heavy (non-hydrogen) atoms. The van der Waals surface area contributed by atoms with Crippen LogP contribution >= 0.6 is 11.3 Å². The van der Waals surface area contributed by atoms with Gasteiger partial charge in [-0.1, -0.05) is 30.3 Å². The summed E-state index contributed by atoms with van der Waals surface area (Å²) < 4.78 is 5.61. The van der Waals surface area contributed by atoms with Crippen LogP contribution in [0.3, 0.4) is 0 Å². The second-order valence-corrected chi connectivity index (χ2v) is 7.87. The van der Waals surface area contributed by atoms with Crippen molar-refractivity contribution >= 4 is 23.3 Å². The minimum absolute atomic E-state index is 0.279. The van der Waals surface area contributed by atoms with Crippen LogP contribution in [-0.4, -0.2) is 48.2 Å². The minimum atomic E-state index is -0.939. The molecule has 3 rings (SSSR count). The number of nitrogens with one attached hydrogen (secondary N) is 1. The molecule has 1 fully saturated rings. The number of rotatable bonds is 8. The van der Waals surface area contributed by atoms with Crippen LogP contribution in [0.1, 0.15) is 39.0 Å². The van der Waals surface area contributed by atoms with Crippen molar-refractivity contribution in [1.29, 1.82) is 0 Å². The zero-order valence-corrected chi connectivity index (χ0v) is 16.1. The molecule has 0 amide bonds. The fourth-order valence-electron chi connectivity index (χ4n) is 3.22. The van der Waals surface area contributed by atoms with Crippen LogP contribution in [0.15, 0.2) is 42.5 Å². The molecular weight excluding hydrogens is 364 g/mol. The Balaban J connectivity index is 1.65. The predicted octanol–water partition coefficient (Wildman–Crippen LogP) is 2.91. The van der Waals surface area contributed by atoms with Crippen molar-refractivity contribution in [3.63, 3.8) is 0 Å². The highest BCUT2D eigenvalue weighted by atomic mass is 32.1. The maximum absolute atomic E-state index is 12.7. The lowest BCUT2D eigenvalue weighted by Gasteiger charge is -2.22. The number of hydrogen-bond donors (Lipinski definition) is 2. The highest BCUT2D eigenvalue weighted by Crippen LogP contribution is 2.21. The van der Waals surface area contributed by atoms with E-state index in [0.29, 0.717) is 13.2 Å². The number of carboxylic acids is 1. The van der Waals surface area contributed by atoms with Crippen molar-refractivity contribution < 1.29 is 19.4 Å². The molecule has 144 valence electrons. The van der Waals surface area contributed by atoms with E-state index < -0.39 is 12.0 Å². The molecule has 0 bridgehead atoms. The van der Waals surface area contributed by atoms with Crippen molar-refractivity contribution in [1.82, 2.24) is 10.2 Å². The maximum atomic E-state index is 12.7. The second-order valence-electron chi connectivity index (χ2n) is 6.70. The van der Waals surface area contributed by atoms with Gasteiger partial charge in [-0.3, -0.25) is 5.32 Å². The Morgan fingerprint density at radius 1 is 1.30 bits per heavy atom. The molecule has 1 aromatic carbocycles. The number of carbonyl (C=O) groups excluding carboxylic acids is 1. The minimum Gasteiger partial charge on any atom is -0.477 e. The van der Waals surface area contributed by atoms with Gasteiger partial charge in [0.05, 0.1) is 0 Å². The summed E-state index contributed by atoms with van der Waals surface area (Å²) in [7, 11) is 2.05. The van der Waals surface area contributed by atoms with Crippen LogP contribution in [0.2, 0.25) is 0 Å². The highest BCUT2D eigenvalue weighted by Gasteiger charge is 2.26. The zero-order valence-electron chi connectivity index (χ0n) is 15.3. The molecule has 0 radical (unpaired) electrons. The number of carbonyl (C=O) groups is 2. The molecular formula is C20H24N2O4S. The van der Waals surface area contributed by atoms with E-state index in [9.17, 15) is 9.59 Å². The number of likely N-dealkylation sites (tertiary alicyclic amines) is 1. The van der Waals surface area contributed by atoms with Crippen LogP contribution in [-0.2, 0) is 16.1 Å². The van der Waals surface area contributed by atoms with E-state index in [0.717, 1.165) is 29.8 Å². The number of thiophene rings is 1. The van der Waals surface area contributed by atoms with Crippen LogP contribution in [0.25, 0.3) is 0 Å². The van der Waals surface area contributed by atoms with E-state index in [1.54, 1.807) is 12.1 Å². The molecule has 0 aliphatic carbocycles. The SMILES string of the molecule is CN1CCC[C@H]1COC(=O)C(NCc1ccc(C(=O)O)s1)c1ccccc1. The van der Waals surface area contributed by atoms with Gasteiger partial charge in [-0.05, 0) is 44.1 Å². The van der Waals surface area contributed by atoms with Gasteiger partial charge >= 0.3 is 11.9 Å². The van der Waals surface area contributed by atoms with E-state index in [4.69, 9.17) is 9.84 Å². The van der Waals surface area contributed by atoms with Gasteiger partial charge in [0.25, 0.3) is 0 Å². The van der Waals surface area contributed by atoms with Crippen molar-refractivity contribution in [2.75, 3.05) is 20.2 Å². The Kier molecular flexibility index (Phi) is 6.60. The standard InChI is InChI=1S/C20H24N2O4S/c1-22-11-5-8-15(22)13-26-20(25)18(14-6-3-2-4-7-14)21-12-16-9-10-17(27-16)19(23)24/h2-4,6-7,9-10,15,18,21H,5,8,11-13H2,1H3,(H,23,24)/t15-,18?/m0/s1. The molecule has 6 nitrogen and oxygen atoms in total. The molecule has 2 N–H and O–H groups in total. The molecule has 1 aliphatic rings. The first-order chi connectivity index (χ1) is 13.0. The second kappa shape index (κ2) is 9.12. The Labute approximate surface area is 162 Å². The first-order valence-electron chi connectivity index (χ1n) is 9.02. The first-order valence-corrected chi connectivity index (χ1v) is 9.83. The number of esters is 1. The summed E-state index contributed by atoms with van der Waals surface area (Å²) in [5.41, 5.74) is 0.831. The number of nitrogens with zero attached hydrogens (tertiary/aromatic N) is 1. The lowest BCUT2D eigenvalue weighted by atomic mass is 10.1. The molecule has 2 aromatic rings. The molecule has 0 saturated carbocycles. The average Bonchev–Trinajstić information content (AvgIpc) is 3.30. The Morgan fingerprint density at radius 3 is 2.70 bits per heavy atom. The Hall–Kier alpha value is -2.22. The van der Waals surface area contributed by atoms with Gasteiger partial charge < -0.3 is 14.7 Å². The van der Waals surface area contributed by atoms with Crippen LogP contribution < -0.4 is 5.32 Å². The van der Waals surface area contributed by atoms with Gasteiger partial charge in [-0.25, -0.2) is 9.59 Å². The summed E-state index contributed by atoms with van der Waals surface area (Å²) >= 11 is 1.20. The molecule has 0 spiro atoms. The number of carboxylic acid groups (broad SMARTS) is 1. The third-order valence-corrected chi connectivity index (χ3v) is 5.88. The molecule has 1 aromatic heterocycles. The Bertz CT molecular complexity index is 777. The van der Waals surface area contributed by atoms with Crippen molar-refractivity contribution in [2.24, 2.45) is 0 Å². The summed E-state index contributed by atoms with van der Waals surface area (Å²) in [6.45, 7) is 1.82. The highest BCUT2D eigenvalue weighted by molar-refractivity contribution is 7.13. The molecule has 2 heterocycles. The normalized spacial score (nSPS) is 18.3. The van der Waals surface area contributed by atoms with Crippen molar-refractivity contribution in [3.8, 4) is 0 Å². The molecule has 1 aliphatic heterocycles. The lowest BCUT2D eigenvalue weighted by molar-refractivity contribution is -0.147. The number of aromatic carboxylic acids is 1. The van der Waals surface area contributed by atoms with Crippen LogP contribution in [0.4, 0.5) is 0 Å². The summed E-state index contributed by atoms with van der Waals surface area (Å²) in [4.78, 5) is 27.1. The van der Waals surface area contributed by atoms with E-state index in [2.05, 4.69) is 17.3 Å². The topological polar surface area (TPSA) is 78.9 Å².